The van der Waals surface area contributed by atoms with Crippen molar-refractivity contribution in [2.45, 2.75) is 162 Å². The molecule has 21 nitrogen and oxygen atoms in total. The average Bonchev–Trinajstić information content (AvgIpc) is 3.25. The number of nitrogens with one attached hydrogen (secondary N) is 7. The highest BCUT2D eigenvalue weighted by Gasteiger charge is 2.36. The van der Waals surface area contributed by atoms with E-state index in [1.807, 2.05) is 13.8 Å². The van der Waals surface area contributed by atoms with Gasteiger partial charge in [-0.25, -0.2) is 4.79 Å². The van der Waals surface area contributed by atoms with Crippen molar-refractivity contribution < 1.29 is 58.2 Å². The number of rotatable bonds is 30. The van der Waals surface area contributed by atoms with E-state index in [-0.39, 0.29) is 38.0 Å². The lowest BCUT2D eigenvalue weighted by Gasteiger charge is -2.30. The van der Waals surface area contributed by atoms with Crippen molar-refractivity contribution in [1.82, 2.24) is 37.2 Å². The molecule has 0 spiro atoms. The Morgan fingerprint density at radius 1 is 0.545 bits per heavy atom. The van der Waals surface area contributed by atoms with Crippen LogP contribution < -0.4 is 48.7 Å². The van der Waals surface area contributed by atoms with E-state index in [0.29, 0.717) is 18.4 Å². The number of amides is 8. The predicted molar refractivity (Wildman–Crippen MR) is 243 cm³/mol. The summed E-state index contributed by atoms with van der Waals surface area (Å²) in [4.78, 5) is 130. The second kappa shape index (κ2) is 28.7. The lowest BCUT2D eigenvalue weighted by Crippen LogP contribution is -2.61. The van der Waals surface area contributed by atoms with E-state index in [1.54, 1.807) is 71.9 Å². The van der Waals surface area contributed by atoms with Gasteiger partial charge in [-0.2, -0.15) is 0 Å². The molecular formula is C45H73N9O12. The average molecular weight is 932 g/mol. The summed E-state index contributed by atoms with van der Waals surface area (Å²) in [5, 5.41) is 37.2. The van der Waals surface area contributed by atoms with Gasteiger partial charge in [0.25, 0.3) is 0 Å². The zero-order valence-electron chi connectivity index (χ0n) is 39.6. The Hall–Kier alpha value is -6.12. The fourth-order valence-electron chi connectivity index (χ4n) is 6.61. The monoisotopic (exact) mass is 932 g/mol. The molecule has 0 aliphatic carbocycles. The molecule has 0 aliphatic heterocycles. The molecule has 0 heterocycles. The first kappa shape index (κ1) is 57.9. The Bertz CT molecular complexity index is 1830. The molecule has 1 aromatic carbocycles. The maximum atomic E-state index is 14.0. The fourth-order valence-corrected chi connectivity index (χ4v) is 6.61. The van der Waals surface area contributed by atoms with Crippen LogP contribution in [0.4, 0.5) is 0 Å². The first-order valence-corrected chi connectivity index (χ1v) is 22.5. The van der Waals surface area contributed by atoms with E-state index in [4.69, 9.17) is 11.5 Å². The highest BCUT2D eigenvalue weighted by Crippen LogP contribution is 2.14. The number of primary amides is 1. The van der Waals surface area contributed by atoms with Gasteiger partial charge in [0, 0.05) is 19.3 Å². The lowest BCUT2D eigenvalue weighted by atomic mass is 9.95. The third kappa shape index (κ3) is 20.4. The van der Waals surface area contributed by atoms with Crippen LogP contribution in [-0.2, 0) is 54.4 Å². The maximum absolute atomic E-state index is 14.0. The minimum absolute atomic E-state index is 0.0982. The normalized spacial score (nSPS) is 15.8. The number of hydrogen-bond donors (Lipinski definition) is 11. The molecule has 0 radical (unpaired) electrons. The number of nitrogens with two attached hydrogens (primary N) is 2. The molecule has 0 aromatic heterocycles. The van der Waals surface area contributed by atoms with E-state index in [1.165, 1.54) is 6.92 Å². The van der Waals surface area contributed by atoms with Gasteiger partial charge in [0.15, 0.2) is 0 Å². The van der Waals surface area contributed by atoms with Crippen LogP contribution in [0.15, 0.2) is 30.3 Å². The summed E-state index contributed by atoms with van der Waals surface area (Å²) >= 11 is 0. The van der Waals surface area contributed by atoms with Crippen LogP contribution in [0.3, 0.4) is 0 Å². The minimum atomic E-state index is -1.47. The van der Waals surface area contributed by atoms with Gasteiger partial charge < -0.3 is 58.9 Å². The Balaban J connectivity index is 3.34. The first-order valence-electron chi connectivity index (χ1n) is 22.5. The molecule has 1 aromatic rings. The number of hydrogen-bond acceptors (Lipinski definition) is 11. The summed E-state index contributed by atoms with van der Waals surface area (Å²) in [6.45, 7) is 15.3. The van der Waals surface area contributed by atoms with Crippen LogP contribution in [0.25, 0.3) is 0 Å². The summed E-state index contributed by atoms with van der Waals surface area (Å²) in [7, 11) is 0. The minimum Gasteiger partial charge on any atom is -0.481 e. The second-order valence-electron chi connectivity index (χ2n) is 17.6. The Morgan fingerprint density at radius 2 is 1.03 bits per heavy atom. The molecule has 0 bridgehead atoms. The van der Waals surface area contributed by atoms with Gasteiger partial charge in [0.1, 0.15) is 42.3 Å². The lowest BCUT2D eigenvalue weighted by molar-refractivity contribution is -0.144. The Labute approximate surface area is 386 Å². The van der Waals surface area contributed by atoms with E-state index in [9.17, 15) is 58.2 Å². The van der Waals surface area contributed by atoms with E-state index in [2.05, 4.69) is 37.2 Å². The molecule has 66 heavy (non-hydrogen) atoms. The molecule has 1 rings (SSSR count). The molecule has 370 valence electrons. The summed E-state index contributed by atoms with van der Waals surface area (Å²) in [5.41, 5.74) is 11.6. The zero-order valence-corrected chi connectivity index (χ0v) is 39.6. The van der Waals surface area contributed by atoms with Gasteiger partial charge in [-0.05, 0) is 55.4 Å². The summed E-state index contributed by atoms with van der Waals surface area (Å²) < 4.78 is 0. The molecular weight excluding hydrogens is 859 g/mol. The first-order chi connectivity index (χ1) is 30.8. The highest BCUT2D eigenvalue weighted by molar-refractivity contribution is 5.98. The van der Waals surface area contributed by atoms with E-state index >= 15 is 0 Å². The van der Waals surface area contributed by atoms with Gasteiger partial charge in [0.2, 0.25) is 47.3 Å². The van der Waals surface area contributed by atoms with Crippen molar-refractivity contribution in [3.63, 3.8) is 0 Å². The SMILES string of the molecule is CC[C@H](C)[C@H](NC(=O)[C@@H](NC(=O)[C@H](CC(C)C)NC(=O)[C@@H](NC(=O)[C@H](C)NC(=O)[C@H](Cc1ccccc1)NC(=O)[C@H](CCC(=O)O)NC(=O)[C@@H](N)CCC(N)=O)[C@@H](C)CC)C(C)C)C(=O)O. The third-order valence-electron chi connectivity index (χ3n) is 11.1. The van der Waals surface area contributed by atoms with E-state index in [0.717, 1.165) is 0 Å². The number of carbonyl (C=O) groups excluding carboxylic acids is 8. The molecule has 8 amide bonds. The van der Waals surface area contributed by atoms with Gasteiger partial charge in [-0.3, -0.25) is 43.2 Å². The topological polar surface area (TPSA) is 347 Å². The molecule has 0 saturated carbocycles. The summed E-state index contributed by atoms with van der Waals surface area (Å²) in [5.74, 6) is -10.2. The van der Waals surface area contributed by atoms with Crippen LogP contribution >= 0.6 is 0 Å². The molecule has 0 fully saturated rings. The smallest absolute Gasteiger partial charge is 0.326 e. The highest BCUT2D eigenvalue weighted by atomic mass is 16.4. The molecule has 0 unspecified atom stereocenters. The maximum Gasteiger partial charge on any atom is 0.326 e. The summed E-state index contributed by atoms with van der Waals surface area (Å²) in [6, 6.07) is -1.61. The van der Waals surface area contributed by atoms with Crippen LogP contribution in [0.5, 0.6) is 0 Å². The Morgan fingerprint density at radius 3 is 1.55 bits per heavy atom. The predicted octanol–water partition coefficient (Wildman–Crippen LogP) is -0.0209. The van der Waals surface area contributed by atoms with Crippen LogP contribution in [0.1, 0.15) is 113 Å². The number of carboxylic acid groups (broad SMARTS) is 2. The van der Waals surface area contributed by atoms with Crippen LogP contribution in [0, 0.1) is 23.7 Å². The van der Waals surface area contributed by atoms with Crippen molar-refractivity contribution >= 4 is 59.2 Å². The molecule has 21 heteroatoms. The number of carbonyl (C=O) groups is 10. The van der Waals surface area contributed by atoms with Crippen LogP contribution in [0.2, 0.25) is 0 Å². The molecule has 0 saturated heterocycles. The number of benzene rings is 1. The van der Waals surface area contributed by atoms with Crippen molar-refractivity contribution in [2.24, 2.45) is 35.1 Å². The largest absolute Gasteiger partial charge is 0.481 e. The van der Waals surface area contributed by atoms with Crippen LogP contribution in [-0.4, -0.2) is 118 Å². The molecule has 13 N–H and O–H groups in total. The van der Waals surface area contributed by atoms with Gasteiger partial charge >= 0.3 is 11.9 Å². The third-order valence-corrected chi connectivity index (χ3v) is 11.1. The van der Waals surface area contributed by atoms with Gasteiger partial charge in [0.05, 0.1) is 6.04 Å². The number of aliphatic carboxylic acids is 2. The number of carboxylic acids is 2. The molecule has 10 atom stereocenters. The van der Waals surface area contributed by atoms with Gasteiger partial charge in [-0.15, -0.1) is 0 Å². The van der Waals surface area contributed by atoms with Crippen molar-refractivity contribution in [3.05, 3.63) is 35.9 Å². The second-order valence-corrected chi connectivity index (χ2v) is 17.6. The summed E-state index contributed by atoms with van der Waals surface area (Å²) in [6.07, 6.45) is -0.372. The van der Waals surface area contributed by atoms with Gasteiger partial charge in [-0.1, -0.05) is 98.6 Å². The van der Waals surface area contributed by atoms with Crippen molar-refractivity contribution in [3.8, 4) is 0 Å². The quantitative estimate of drug-likeness (QED) is 0.0484. The molecule has 0 aliphatic rings. The zero-order chi connectivity index (χ0) is 50.4. The van der Waals surface area contributed by atoms with Crippen molar-refractivity contribution in [1.29, 1.82) is 0 Å². The van der Waals surface area contributed by atoms with E-state index < -0.39 is 132 Å². The Kier molecular flexibility index (Phi) is 25.2. The van der Waals surface area contributed by atoms with Crippen molar-refractivity contribution in [2.75, 3.05) is 0 Å². The fraction of sp³-hybridized carbons (Fsp3) is 0.644. The standard InChI is InChI=1S/C45H73N9O12/c1-10-25(7)36(44(64)51-31(21-23(3)4)42(62)52-35(24(5)6)43(63)54-37(45(65)66)26(8)11-2)53-38(58)27(9)48-41(61)32(22-28-15-13-12-14-16-28)50-40(60)30(18-20-34(56)57)49-39(59)29(46)17-19-33(47)55/h12-16,23-27,29-32,35-37H,10-11,17-22,46H2,1-9H3,(H2,47,55)(H,48,61)(H,49,59)(H,50,60)(H,51,64)(H,52,62)(H,53,58)(H,54,63)(H,56,57)(H,65,66)/t25-,26-,27-,29-,30-,31-,32-,35-,36-,37-/m0/s1.